The highest BCUT2D eigenvalue weighted by atomic mass is 35.5. The Kier molecular flexibility index (Phi) is 6.22. The molecule has 0 saturated carbocycles. The number of sulfonamides is 1. The Morgan fingerprint density at radius 2 is 2.15 bits per heavy atom. The smallest absolute Gasteiger partial charge is 0.245 e. The van der Waals surface area contributed by atoms with Gasteiger partial charge in [-0.15, -0.1) is 12.4 Å². The normalized spacial score (nSPS) is 23.1. The number of piperidine rings is 1. The lowest BCUT2D eigenvalue weighted by atomic mass is 9.96. The highest BCUT2D eigenvalue weighted by molar-refractivity contribution is 7.89. The van der Waals surface area contributed by atoms with Crippen LogP contribution in [0, 0.1) is 11.7 Å². The van der Waals surface area contributed by atoms with Crippen molar-refractivity contribution in [2.24, 2.45) is 5.92 Å². The molecule has 0 amide bonds. The molecule has 2 atom stereocenters. The SMILES string of the molecule is CC1CCNCC1NS(=O)(=O)c1c(F)cccc1Cl.Cl. The molecule has 20 heavy (non-hydrogen) atoms. The molecular weight excluding hydrogens is 326 g/mol. The number of hydrogen-bond donors (Lipinski definition) is 2. The molecule has 1 fully saturated rings. The van der Waals surface area contributed by atoms with Crippen molar-refractivity contribution in [3.05, 3.63) is 29.0 Å². The van der Waals surface area contributed by atoms with Gasteiger partial charge in [0.05, 0.1) is 5.02 Å². The van der Waals surface area contributed by atoms with Crippen LogP contribution in [0.2, 0.25) is 5.02 Å². The van der Waals surface area contributed by atoms with Crippen LogP contribution >= 0.6 is 24.0 Å². The van der Waals surface area contributed by atoms with E-state index in [2.05, 4.69) is 10.0 Å². The average Bonchev–Trinajstić information content (AvgIpc) is 2.31. The van der Waals surface area contributed by atoms with E-state index in [9.17, 15) is 12.8 Å². The molecule has 1 aromatic carbocycles. The van der Waals surface area contributed by atoms with Crippen LogP contribution in [0.4, 0.5) is 4.39 Å². The number of hydrogen-bond acceptors (Lipinski definition) is 3. The molecule has 1 saturated heterocycles. The summed E-state index contributed by atoms with van der Waals surface area (Å²) in [6.45, 7) is 3.36. The molecule has 0 spiro atoms. The molecule has 1 aliphatic heterocycles. The topological polar surface area (TPSA) is 58.2 Å². The number of nitrogens with one attached hydrogen (secondary N) is 2. The van der Waals surface area contributed by atoms with Crippen LogP contribution in [-0.2, 0) is 10.0 Å². The molecule has 1 aliphatic rings. The van der Waals surface area contributed by atoms with E-state index in [1.54, 1.807) is 0 Å². The molecular formula is C12H17Cl2FN2O2S. The lowest BCUT2D eigenvalue weighted by Crippen LogP contribution is -2.50. The maximum absolute atomic E-state index is 13.7. The summed E-state index contributed by atoms with van der Waals surface area (Å²) < 4.78 is 40.7. The summed E-state index contributed by atoms with van der Waals surface area (Å²) in [5.74, 6) is -0.641. The highest BCUT2D eigenvalue weighted by Crippen LogP contribution is 2.25. The first kappa shape index (κ1) is 17.7. The molecule has 8 heteroatoms. The fourth-order valence-electron chi connectivity index (χ4n) is 2.14. The first-order valence-electron chi connectivity index (χ1n) is 6.09. The molecule has 0 radical (unpaired) electrons. The van der Waals surface area contributed by atoms with Crippen molar-refractivity contribution in [2.45, 2.75) is 24.3 Å². The second-order valence-electron chi connectivity index (χ2n) is 4.75. The molecule has 0 bridgehead atoms. The van der Waals surface area contributed by atoms with Crippen LogP contribution < -0.4 is 10.0 Å². The third-order valence-corrected chi connectivity index (χ3v) is 5.31. The summed E-state index contributed by atoms with van der Waals surface area (Å²) in [6, 6.07) is 3.57. The Labute approximate surface area is 129 Å². The van der Waals surface area contributed by atoms with Crippen LogP contribution in [0.25, 0.3) is 0 Å². The summed E-state index contributed by atoms with van der Waals surface area (Å²) in [6.07, 6.45) is 0.873. The summed E-state index contributed by atoms with van der Waals surface area (Å²) in [5, 5.41) is 3.01. The van der Waals surface area contributed by atoms with Crippen LogP contribution in [-0.4, -0.2) is 27.5 Å². The molecule has 0 aromatic heterocycles. The fourth-order valence-corrected chi connectivity index (χ4v) is 4.09. The predicted octanol–water partition coefficient (Wildman–Crippen LogP) is 2.18. The average molecular weight is 343 g/mol. The maximum atomic E-state index is 13.7. The van der Waals surface area contributed by atoms with Crippen LogP contribution in [0.1, 0.15) is 13.3 Å². The van der Waals surface area contributed by atoms with Crippen LogP contribution in [0.3, 0.4) is 0 Å². The van der Waals surface area contributed by atoms with Gasteiger partial charge in [0.25, 0.3) is 0 Å². The maximum Gasteiger partial charge on any atom is 0.245 e. The Bertz CT molecular complexity index is 548. The Morgan fingerprint density at radius 1 is 1.45 bits per heavy atom. The molecule has 2 rings (SSSR count). The minimum atomic E-state index is -3.95. The molecule has 1 aromatic rings. The third kappa shape index (κ3) is 3.83. The summed E-state index contributed by atoms with van der Waals surface area (Å²) in [4.78, 5) is -0.477. The quantitative estimate of drug-likeness (QED) is 0.885. The van der Waals surface area contributed by atoms with Crippen molar-refractivity contribution in [2.75, 3.05) is 13.1 Å². The zero-order valence-corrected chi connectivity index (χ0v) is 13.3. The van der Waals surface area contributed by atoms with E-state index >= 15 is 0 Å². The van der Waals surface area contributed by atoms with Gasteiger partial charge in [0.1, 0.15) is 10.7 Å². The van der Waals surface area contributed by atoms with Gasteiger partial charge < -0.3 is 5.32 Å². The van der Waals surface area contributed by atoms with E-state index in [4.69, 9.17) is 11.6 Å². The van der Waals surface area contributed by atoms with Crippen molar-refractivity contribution < 1.29 is 12.8 Å². The van der Waals surface area contributed by atoms with E-state index in [1.165, 1.54) is 12.1 Å². The molecule has 1 heterocycles. The van der Waals surface area contributed by atoms with Crippen molar-refractivity contribution in [3.63, 3.8) is 0 Å². The molecule has 4 nitrogen and oxygen atoms in total. The largest absolute Gasteiger partial charge is 0.315 e. The molecule has 2 N–H and O–H groups in total. The molecule has 2 unspecified atom stereocenters. The van der Waals surface area contributed by atoms with Gasteiger partial charge in [0.15, 0.2) is 0 Å². The molecule has 0 aliphatic carbocycles. The van der Waals surface area contributed by atoms with Gasteiger partial charge in [-0.25, -0.2) is 17.5 Å². The van der Waals surface area contributed by atoms with E-state index < -0.39 is 20.7 Å². The van der Waals surface area contributed by atoms with Crippen LogP contribution in [0.15, 0.2) is 23.1 Å². The van der Waals surface area contributed by atoms with E-state index in [1.807, 2.05) is 6.92 Å². The van der Waals surface area contributed by atoms with Crippen molar-refractivity contribution in [1.82, 2.24) is 10.0 Å². The summed E-state index contributed by atoms with van der Waals surface area (Å²) in [7, 11) is -3.95. The summed E-state index contributed by atoms with van der Waals surface area (Å²) >= 11 is 5.79. The van der Waals surface area contributed by atoms with Crippen molar-refractivity contribution in [3.8, 4) is 0 Å². The van der Waals surface area contributed by atoms with Gasteiger partial charge in [-0.1, -0.05) is 24.6 Å². The van der Waals surface area contributed by atoms with Gasteiger partial charge >= 0.3 is 0 Å². The van der Waals surface area contributed by atoms with Crippen molar-refractivity contribution >= 4 is 34.0 Å². The third-order valence-electron chi connectivity index (χ3n) is 3.32. The van der Waals surface area contributed by atoms with Crippen molar-refractivity contribution in [1.29, 1.82) is 0 Å². The lowest BCUT2D eigenvalue weighted by molar-refractivity contribution is 0.327. The summed E-state index contributed by atoms with van der Waals surface area (Å²) in [5.41, 5.74) is 0. The number of benzene rings is 1. The Morgan fingerprint density at radius 3 is 2.75 bits per heavy atom. The highest BCUT2D eigenvalue weighted by Gasteiger charge is 2.29. The van der Waals surface area contributed by atoms with Gasteiger partial charge in [-0.05, 0) is 31.0 Å². The van der Waals surface area contributed by atoms with E-state index in [0.717, 1.165) is 19.0 Å². The monoisotopic (exact) mass is 342 g/mol. The Balaban J connectivity index is 0.00000200. The van der Waals surface area contributed by atoms with Gasteiger partial charge in [-0.2, -0.15) is 0 Å². The second kappa shape index (κ2) is 7.04. The first-order chi connectivity index (χ1) is 8.92. The second-order valence-corrected chi connectivity index (χ2v) is 6.81. The predicted molar refractivity (Wildman–Crippen MR) is 79.4 cm³/mol. The minimum absolute atomic E-state index is 0. The van der Waals surface area contributed by atoms with Gasteiger partial charge in [0.2, 0.25) is 10.0 Å². The van der Waals surface area contributed by atoms with E-state index in [0.29, 0.717) is 6.54 Å². The lowest BCUT2D eigenvalue weighted by Gasteiger charge is -2.30. The fraction of sp³-hybridized carbons (Fsp3) is 0.500. The Hall–Kier alpha value is -0.400. The minimum Gasteiger partial charge on any atom is -0.315 e. The first-order valence-corrected chi connectivity index (χ1v) is 7.95. The van der Waals surface area contributed by atoms with Gasteiger partial charge in [-0.3, -0.25) is 0 Å². The number of rotatable bonds is 3. The van der Waals surface area contributed by atoms with E-state index in [-0.39, 0.29) is 29.4 Å². The zero-order chi connectivity index (χ0) is 14.0. The standard InChI is InChI=1S/C12H16ClFN2O2S.ClH/c1-8-5-6-15-7-11(8)16-19(17,18)12-9(13)3-2-4-10(12)14;/h2-4,8,11,15-16H,5-7H2,1H3;1H. The molecule has 114 valence electrons. The van der Waals surface area contributed by atoms with Crippen LogP contribution in [0.5, 0.6) is 0 Å². The number of halogens is 3. The zero-order valence-electron chi connectivity index (χ0n) is 10.9. The van der Waals surface area contributed by atoms with Gasteiger partial charge in [0, 0.05) is 12.6 Å².